The van der Waals surface area contributed by atoms with Gasteiger partial charge < -0.3 is 4.90 Å². The molecule has 1 aliphatic rings. The van der Waals surface area contributed by atoms with E-state index in [-0.39, 0.29) is 16.5 Å². The van der Waals surface area contributed by atoms with Crippen molar-refractivity contribution in [3.63, 3.8) is 0 Å². The summed E-state index contributed by atoms with van der Waals surface area (Å²) in [7, 11) is 0. The van der Waals surface area contributed by atoms with Crippen molar-refractivity contribution in [3.05, 3.63) is 58.7 Å². The van der Waals surface area contributed by atoms with E-state index in [0.29, 0.717) is 12.1 Å². The second-order valence-electron chi connectivity index (χ2n) is 6.28. The quantitative estimate of drug-likeness (QED) is 0.490. The predicted octanol–water partition coefficient (Wildman–Crippen LogP) is 4.61. The molecule has 1 heterocycles. The molecule has 1 amide bonds. The van der Waals surface area contributed by atoms with Crippen LogP contribution in [-0.4, -0.2) is 17.6 Å². The van der Waals surface area contributed by atoms with Gasteiger partial charge in [0.2, 0.25) is 0 Å². The van der Waals surface area contributed by atoms with Crippen molar-refractivity contribution >= 4 is 34.6 Å². The number of carbonyl (C=O) groups is 1. The maximum atomic E-state index is 13.2. The summed E-state index contributed by atoms with van der Waals surface area (Å²) in [5.74, 6) is -0.777. The molecule has 0 unspecified atom stereocenters. The highest BCUT2D eigenvalue weighted by Crippen LogP contribution is 2.38. The average molecular weight is 454 g/mol. The van der Waals surface area contributed by atoms with Crippen molar-refractivity contribution in [2.75, 3.05) is 16.3 Å². The third-order valence-electron chi connectivity index (χ3n) is 4.39. The van der Waals surface area contributed by atoms with Gasteiger partial charge in [-0.3, -0.25) is 9.69 Å². The smallest absolute Gasteiger partial charge is 0.309 e. The van der Waals surface area contributed by atoms with E-state index in [2.05, 4.69) is 0 Å². The number of thiocarbonyl (C=S) groups is 1. The number of hydrogen-bond acceptors (Lipinski definition) is 4. The maximum Gasteiger partial charge on any atom is 0.417 e. The number of rotatable bonds is 2. The number of amides is 1. The summed E-state index contributed by atoms with van der Waals surface area (Å²) in [6, 6.07) is 8.07. The molecule has 0 bridgehead atoms. The summed E-state index contributed by atoms with van der Waals surface area (Å²) >= 11 is 5.14. The molecule has 31 heavy (non-hydrogen) atoms. The molecular weight excluding hydrogens is 446 g/mol. The normalized spacial score (nSPS) is 14.6. The van der Waals surface area contributed by atoms with Gasteiger partial charge in [-0.25, -0.2) is 0 Å². The summed E-state index contributed by atoms with van der Waals surface area (Å²) in [5, 5.41) is 17.4. The van der Waals surface area contributed by atoms with Gasteiger partial charge in [-0.1, -0.05) is 0 Å². The third kappa shape index (κ3) is 4.02. The highest BCUT2D eigenvalue weighted by Gasteiger charge is 2.40. The van der Waals surface area contributed by atoms with Gasteiger partial charge in [0.25, 0.3) is 5.91 Å². The molecule has 1 fully saturated rings. The second kappa shape index (κ2) is 7.56. The Balaban J connectivity index is 2.04. The number of benzene rings is 2. The van der Waals surface area contributed by atoms with Gasteiger partial charge in [0.15, 0.2) is 5.11 Å². The molecule has 0 radical (unpaired) electrons. The van der Waals surface area contributed by atoms with Crippen LogP contribution >= 0.6 is 12.2 Å². The lowest BCUT2D eigenvalue weighted by atomic mass is 10.1. The lowest BCUT2D eigenvalue weighted by molar-refractivity contribution is -0.138. The Bertz CT molecular complexity index is 1180. The molecule has 0 aromatic heterocycles. The molecule has 0 spiro atoms. The van der Waals surface area contributed by atoms with E-state index in [1.807, 2.05) is 0 Å². The number of anilines is 2. The molecular formula is C19H8F6N4OS. The van der Waals surface area contributed by atoms with Crippen LogP contribution < -0.4 is 9.80 Å². The molecule has 0 saturated carbocycles. The molecule has 0 aliphatic carbocycles. The summed E-state index contributed by atoms with van der Waals surface area (Å²) in [6.45, 7) is -0.524. The zero-order valence-electron chi connectivity index (χ0n) is 15.0. The van der Waals surface area contributed by atoms with Crippen LogP contribution in [0.1, 0.15) is 22.3 Å². The first kappa shape index (κ1) is 22.1. The number of halogens is 6. The first-order valence-corrected chi connectivity index (χ1v) is 8.66. The van der Waals surface area contributed by atoms with Crippen molar-refractivity contribution < 1.29 is 31.1 Å². The zero-order chi connectivity index (χ0) is 23.1. The van der Waals surface area contributed by atoms with E-state index < -0.39 is 47.1 Å². The molecule has 3 rings (SSSR count). The summed E-state index contributed by atoms with van der Waals surface area (Å²) in [4.78, 5) is 14.2. The Hall–Kier alpha value is -3.64. The minimum absolute atomic E-state index is 0.156. The number of nitriles is 2. The van der Waals surface area contributed by atoms with Gasteiger partial charge in [0.05, 0.1) is 40.1 Å². The number of nitrogens with zero attached hydrogens (tertiary/aromatic N) is 4. The van der Waals surface area contributed by atoms with Crippen LogP contribution in [0.4, 0.5) is 37.7 Å². The SMILES string of the molecule is N#Cc1ccc(N2CC(=O)N(c3ccc(C#N)c(C(F)(F)F)c3)C2=S)cc1C(F)(F)F. The van der Waals surface area contributed by atoms with E-state index in [0.717, 1.165) is 34.1 Å². The molecule has 1 aliphatic heterocycles. The summed E-state index contributed by atoms with van der Waals surface area (Å²) in [5.41, 5.74) is -4.25. The Morgan fingerprint density at radius 3 is 1.74 bits per heavy atom. The topological polar surface area (TPSA) is 71.1 Å². The monoisotopic (exact) mass is 454 g/mol. The van der Waals surface area contributed by atoms with Crippen LogP contribution in [0.3, 0.4) is 0 Å². The van der Waals surface area contributed by atoms with Gasteiger partial charge in [0, 0.05) is 5.69 Å². The van der Waals surface area contributed by atoms with Gasteiger partial charge in [-0.15, -0.1) is 0 Å². The number of carbonyl (C=O) groups excluding carboxylic acids is 1. The fourth-order valence-corrected chi connectivity index (χ4v) is 3.37. The van der Waals surface area contributed by atoms with Crippen LogP contribution in [0.2, 0.25) is 0 Å². The van der Waals surface area contributed by atoms with Crippen molar-refractivity contribution in [1.29, 1.82) is 10.5 Å². The fraction of sp³-hybridized carbons (Fsp3) is 0.158. The Labute approximate surface area is 176 Å². The summed E-state index contributed by atoms with van der Waals surface area (Å²) in [6.07, 6.45) is -9.72. The van der Waals surface area contributed by atoms with Crippen LogP contribution in [-0.2, 0) is 17.1 Å². The van der Waals surface area contributed by atoms with E-state index in [1.54, 1.807) is 0 Å². The summed E-state index contributed by atoms with van der Waals surface area (Å²) < 4.78 is 79.4. The molecule has 5 nitrogen and oxygen atoms in total. The van der Waals surface area contributed by atoms with Crippen molar-refractivity contribution in [2.45, 2.75) is 12.4 Å². The first-order chi connectivity index (χ1) is 14.4. The van der Waals surface area contributed by atoms with Gasteiger partial charge in [-0.2, -0.15) is 36.9 Å². The van der Waals surface area contributed by atoms with E-state index in [9.17, 15) is 31.1 Å². The molecule has 12 heteroatoms. The van der Waals surface area contributed by atoms with E-state index in [1.165, 1.54) is 12.1 Å². The molecule has 0 atom stereocenters. The Kier molecular flexibility index (Phi) is 5.38. The standard InChI is InChI=1S/C19H8F6N4OS/c20-18(21,22)14-5-12(3-1-10(14)7-26)28-9-16(30)29(17(28)31)13-4-2-11(8-27)15(6-13)19(23,24)25/h1-6H,9H2. The second-order valence-corrected chi connectivity index (χ2v) is 6.64. The largest absolute Gasteiger partial charge is 0.417 e. The highest BCUT2D eigenvalue weighted by molar-refractivity contribution is 7.81. The Morgan fingerprint density at radius 1 is 0.839 bits per heavy atom. The third-order valence-corrected chi connectivity index (χ3v) is 4.80. The molecule has 2 aromatic rings. The van der Waals surface area contributed by atoms with Crippen molar-refractivity contribution in [2.24, 2.45) is 0 Å². The molecule has 0 N–H and O–H groups in total. The molecule has 158 valence electrons. The number of hydrogen-bond donors (Lipinski definition) is 0. The van der Waals surface area contributed by atoms with E-state index in [4.69, 9.17) is 22.7 Å². The fourth-order valence-electron chi connectivity index (χ4n) is 2.99. The van der Waals surface area contributed by atoms with Crippen molar-refractivity contribution in [3.8, 4) is 12.1 Å². The lowest BCUT2D eigenvalue weighted by Gasteiger charge is -2.22. The molecule has 1 saturated heterocycles. The van der Waals surface area contributed by atoms with Crippen molar-refractivity contribution in [1.82, 2.24) is 0 Å². The highest BCUT2D eigenvalue weighted by atomic mass is 32.1. The number of alkyl halides is 6. The minimum Gasteiger partial charge on any atom is -0.309 e. The van der Waals surface area contributed by atoms with Gasteiger partial charge >= 0.3 is 12.4 Å². The van der Waals surface area contributed by atoms with Crippen LogP contribution in [0, 0.1) is 22.7 Å². The average Bonchev–Trinajstić information content (AvgIpc) is 2.99. The lowest BCUT2D eigenvalue weighted by Crippen LogP contribution is -2.33. The van der Waals surface area contributed by atoms with Gasteiger partial charge in [0.1, 0.15) is 6.54 Å². The maximum absolute atomic E-state index is 13.2. The Morgan fingerprint density at radius 2 is 1.29 bits per heavy atom. The first-order valence-electron chi connectivity index (χ1n) is 8.25. The minimum atomic E-state index is -4.88. The van der Waals surface area contributed by atoms with Crippen LogP contribution in [0.25, 0.3) is 0 Å². The molecule has 2 aromatic carbocycles. The zero-order valence-corrected chi connectivity index (χ0v) is 15.9. The van der Waals surface area contributed by atoms with Crippen LogP contribution in [0.5, 0.6) is 0 Å². The van der Waals surface area contributed by atoms with E-state index >= 15 is 0 Å². The van der Waals surface area contributed by atoms with Gasteiger partial charge in [-0.05, 0) is 48.6 Å². The van der Waals surface area contributed by atoms with Crippen LogP contribution in [0.15, 0.2) is 36.4 Å². The predicted molar refractivity (Wildman–Crippen MR) is 99.7 cm³/mol.